The van der Waals surface area contributed by atoms with E-state index in [4.69, 9.17) is 4.74 Å². The molecule has 0 aliphatic carbocycles. The number of piperazine rings is 1. The SMILES string of the molecule is COc1cccc(-c2cc(C(=O)N3CCN(S(=O)(=O)C(C)C)CC3)c(C)n2-c2ccccc2)c1. The van der Waals surface area contributed by atoms with Gasteiger partial charge in [0.05, 0.1) is 23.6 Å². The lowest BCUT2D eigenvalue weighted by Crippen LogP contribution is -2.52. The average Bonchev–Trinajstić information content (AvgIpc) is 3.21. The fourth-order valence-electron chi connectivity index (χ4n) is 4.34. The molecule has 0 saturated carbocycles. The highest BCUT2D eigenvalue weighted by molar-refractivity contribution is 7.89. The second-order valence-electron chi connectivity index (χ2n) is 8.72. The molecule has 0 N–H and O–H groups in total. The van der Waals surface area contributed by atoms with Crippen LogP contribution in [0.2, 0.25) is 0 Å². The molecule has 1 saturated heterocycles. The number of hydrogen-bond acceptors (Lipinski definition) is 4. The third kappa shape index (κ3) is 4.48. The summed E-state index contributed by atoms with van der Waals surface area (Å²) < 4.78 is 34.0. The standard InChI is InChI=1S/C26H31N3O4S/c1-19(2)34(31,32)28-15-13-27(14-16-28)26(30)24-18-25(21-9-8-12-23(17-21)33-4)29(20(24)3)22-10-6-5-7-11-22/h5-12,17-19H,13-16H2,1-4H3. The van der Waals surface area contributed by atoms with Gasteiger partial charge < -0.3 is 14.2 Å². The zero-order valence-electron chi connectivity index (χ0n) is 20.1. The molecule has 2 aromatic carbocycles. The number of para-hydroxylation sites is 1. The average molecular weight is 482 g/mol. The summed E-state index contributed by atoms with van der Waals surface area (Å²) >= 11 is 0. The third-order valence-electron chi connectivity index (χ3n) is 6.34. The highest BCUT2D eigenvalue weighted by Gasteiger charge is 2.32. The maximum atomic E-state index is 13.6. The Morgan fingerprint density at radius 2 is 1.62 bits per heavy atom. The topological polar surface area (TPSA) is 71.8 Å². The summed E-state index contributed by atoms with van der Waals surface area (Å²) in [5.74, 6) is 0.657. The second kappa shape index (κ2) is 9.64. The van der Waals surface area contributed by atoms with E-state index in [0.717, 1.165) is 28.4 Å². The Labute approximate surface area is 201 Å². The van der Waals surface area contributed by atoms with Gasteiger partial charge in [-0.05, 0) is 51.1 Å². The Balaban J connectivity index is 1.69. The first kappa shape index (κ1) is 24.0. The van der Waals surface area contributed by atoms with Crippen molar-refractivity contribution in [2.75, 3.05) is 33.3 Å². The maximum Gasteiger partial charge on any atom is 0.255 e. The molecule has 1 aromatic heterocycles. The molecule has 1 aliphatic rings. The summed E-state index contributed by atoms with van der Waals surface area (Å²) in [6, 6.07) is 19.6. The molecule has 8 heteroatoms. The summed E-state index contributed by atoms with van der Waals surface area (Å²) in [6.45, 7) is 6.68. The normalized spacial score (nSPS) is 15.0. The largest absolute Gasteiger partial charge is 0.497 e. The number of nitrogens with zero attached hydrogens (tertiary/aromatic N) is 3. The molecule has 180 valence electrons. The van der Waals surface area contributed by atoms with Gasteiger partial charge in [0.2, 0.25) is 10.0 Å². The number of aromatic nitrogens is 1. The van der Waals surface area contributed by atoms with E-state index >= 15 is 0 Å². The van der Waals surface area contributed by atoms with Crippen LogP contribution in [0.3, 0.4) is 0 Å². The smallest absolute Gasteiger partial charge is 0.255 e. The van der Waals surface area contributed by atoms with E-state index in [1.54, 1.807) is 25.9 Å². The van der Waals surface area contributed by atoms with Crippen LogP contribution in [0.1, 0.15) is 29.9 Å². The molecule has 0 spiro atoms. The lowest BCUT2D eigenvalue weighted by Gasteiger charge is -2.34. The van der Waals surface area contributed by atoms with E-state index < -0.39 is 15.3 Å². The summed E-state index contributed by atoms with van der Waals surface area (Å²) in [7, 11) is -1.69. The molecule has 7 nitrogen and oxygen atoms in total. The Hall–Kier alpha value is -3.10. The molecule has 0 unspecified atom stereocenters. The van der Waals surface area contributed by atoms with E-state index in [9.17, 15) is 13.2 Å². The van der Waals surface area contributed by atoms with Crippen molar-refractivity contribution in [1.29, 1.82) is 0 Å². The molecule has 4 rings (SSSR count). The van der Waals surface area contributed by atoms with Gasteiger partial charge in [-0.25, -0.2) is 8.42 Å². The van der Waals surface area contributed by atoms with Crippen molar-refractivity contribution in [2.45, 2.75) is 26.0 Å². The number of ether oxygens (including phenoxy) is 1. The number of carbonyl (C=O) groups excluding carboxylic acids is 1. The first-order chi connectivity index (χ1) is 16.2. The van der Waals surface area contributed by atoms with Gasteiger partial charge in [-0.3, -0.25) is 4.79 Å². The van der Waals surface area contributed by atoms with Crippen LogP contribution in [-0.2, 0) is 10.0 Å². The Morgan fingerprint density at radius 1 is 0.941 bits per heavy atom. The maximum absolute atomic E-state index is 13.6. The summed E-state index contributed by atoms with van der Waals surface area (Å²) in [4.78, 5) is 15.3. The van der Waals surface area contributed by atoms with Crippen LogP contribution in [0.4, 0.5) is 0 Å². The summed E-state index contributed by atoms with van der Waals surface area (Å²) in [5, 5.41) is -0.470. The second-order valence-corrected chi connectivity index (χ2v) is 11.2. The minimum atomic E-state index is -3.32. The molecule has 1 fully saturated rings. The molecule has 1 amide bonds. The van der Waals surface area contributed by atoms with Crippen LogP contribution >= 0.6 is 0 Å². The number of hydrogen-bond donors (Lipinski definition) is 0. The van der Waals surface area contributed by atoms with Crippen molar-refractivity contribution in [2.24, 2.45) is 0 Å². The van der Waals surface area contributed by atoms with Crippen molar-refractivity contribution in [3.63, 3.8) is 0 Å². The van der Waals surface area contributed by atoms with Crippen LogP contribution in [0, 0.1) is 6.92 Å². The highest BCUT2D eigenvalue weighted by Crippen LogP contribution is 2.32. The molecule has 1 aliphatic heterocycles. The first-order valence-electron chi connectivity index (χ1n) is 11.4. The van der Waals surface area contributed by atoms with Crippen molar-refractivity contribution >= 4 is 15.9 Å². The van der Waals surface area contributed by atoms with Crippen molar-refractivity contribution in [1.82, 2.24) is 13.8 Å². The van der Waals surface area contributed by atoms with Gasteiger partial charge in [-0.15, -0.1) is 0 Å². The third-order valence-corrected chi connectivity index (χ3v) is 8.62. The fourth-order valence-corrected chi connectivity index (χ4v) is 5.61. The van der Waals surface area contributed by atoms with E-state index in [1.807, 2.05) is 67.6 Å². The number of rotatable bonds is 6. The molecule has 34 heavy (non-hydrogen) atoms. The number of sulfonamides is 1. The van der Waals surface area contributed by atoms with Crippen molar-refractivity contribution in [3.05, 3.63) is 71.9 Å². The highest BCUT2D eigenvalue weighted by atomic mass is 32.2. The molecule has 0 atom stereocenters. The lowest BCUT2D eigenvalue weighted by molar-refractivity contribution is 0.0697. The minimum Gasteiger partial charge on any atom is -0.497 e. The van der Waals surface area contributed by atoms with E-state index in [2.05, 4.69) is 4.57 Å². The molecular formula is C26H31N3O4S. The number of benzene rings is 2. The zero-order valence-corrected chi connectivity index (χ0v) is 20.9. The summed E-state index contributed by atoms with van der Waals surface area (Å²) in [6.07, 6.45) is 0. The number of methoxy groups -OCH3 is 1. The van der Waals surface area contributed by atoms with Crippen molar-refractivity contribution < 1.29 is 17.9 Å². The minimum absolute atomic E-state index is 0.0853. The van der Waals surface area contributed by atoms with Gasteiger partial charge in [-0.1, -0.05) is 30.3 Å². The van der Waals surface area contributed by atoms with Crippen LogP contribution in [0.5, 0.6) is 5.75 Å². The van der Waals surface area contributed by atoms with E-state index in [0.29, 0.717) is 31.7 Å². The lowest BCUT2D eigenvalue weighted by atomic mass is 10.1. The van der Waals surface area contributed by atoms with Crippen LogP contribution in [-0.4, -0.2) is 66.6 Å². The molecular weight excluding hydrogens is 450 g/mol. The quantitative estimate of drug-likeness (QED) is 0.534. The van der Waals surface area contributed by atoms with Crippen LogP contribution in [0.15, 0.2) is 60.7 Å². The Bertz CT molecular complexity index is 1270. The molecule has 3 aromatic rings. The van der Waals surface area contributed by atoms with Gasteiger partial charge >= 0.3 is 0 Å². The number of amides is 1. The van der Waals surface area contributed by atoms with E-state index in [1.165, 1.54) is 4.31 Å². The number of carbonyl (C=O) groups is 1. The summed E-state index contributed by atoms with van der Waals surface area (Å²) in [5.41, 5.74) is 4.25. The molecule has 0 radical (unpaired) electrons. The molecule has 2 heterocycles. The monoisotopic (exact) mass is 481 g/mol. The predicted octanol–water partition coefficient (Wildman–Crippen LogP) is 3.96. The van der Waals surface area contributed by atoms with Gasteiger partial charge in [0.1, 0.15) is 5.75 Å². The Morgan fingerprint density at radius 3 is 2.24 bits per heavy atom. The zero-order chi connectivity index (χ0) is 24.5. The Kier molecular flexibility index (Phi) is 6.81. The first-order valence-corrected chi connectivity index (χ1v) is 12.9. The van der Waals surface area contributed by atoms with Gasteiger partial charge in [0, 0.05) is 43.1 Å². The van der Waals surface area contributed by atoms with Crippen LogP contribution < -0.4 is 4.74 Å². The van der Waals surface area contributed by atoms with Crippen molar-refractivity contribution in [3.8, 4) is 22.7 Å². The molecule has 0 bridgehead atoms. The van der Waals surface area contributed by atoms with Crippen LogP contribution in [0.25, 0.3) is 16.9 Å². The van der Waals surface area contributed by atoms with E-state index in [-0.39, 0.29) is 5.91 Å². The van der Waals surface area contributed by atoms with Gasteiger partial charge in [0.25, 0.3) is 5.91 Å². The van der Waals surface area contributed by atoms with Gasteiger partial charge in [0.15, 0.2) is 0 Å². The fraction of sp³-hybridized carbons (Fsp3) is 0.346. The van der Waals surface area contributed by atoms with Gasteiger partial charge in [-0.2, -0.15) is 4.31 Å². The predicted molar refractivity (Wildman–Crippen MR) is 134 cm³/mol.